The average molecular weight is 573 g/mol. The van der Waals surface area contributed by atoms with Crippen LogP contribution < -0.4 is 44.1 Å². The van der Waals surface area contributed by atoms with Gasteiger partial charge in [0.05, 0.1) is 24.8 Å². The quantitative estimate of drug-likeness (QED) is 0.144. The monoisotopic (exact) mass is 572 g/mol. The van der Waals surface area contributed by atoms with Crippen molar-refractivity contribution in [2.24, 2.45) is 0 Å². The predicted octanol–water partition coefficient (Wildman–Crippen LogP) is 2.22. The van der Waals surface area contributed by atoms with E-state index < -0.39 is 11.8 Å². The molecule has 0 saturated heterocycles. The Labute approximate surface area is 264 Å². The van der Waals surface area contributed by atoms with E-state index in [-0.39, 0.29) is 47.1 Å². The summed E-state index contributed by atoms with van der Waals surface area (Å²) in [6.45, 7) is 2.28. The molecule has 0 saturated carbocycles. The summed E-state index contributed by atoms with van der Waals surface area (Å²) in [6, 6.07) is 26.9. The zero-order valence-corrected chi connectivity index (χ0v) is 25.7. The van der Waals surface area contributed by atoms with E-state index in [2.05, 4.69) is 8.75 Å². The Morgan fingerprint density at radius 2 is 1.54 bits per heavy atom. The van der Waals surface area contributed by atoms with E-state index in [0.717, 1.165) is 28.4 Å². The minimum Gasteiger partial charge on any atom is -0.545 e. The average Bonchev–Trinajstić information content (AvgIpc) is 3.44. The Hall–Kier alpha value is -3.82. The maximum absolute atomic E-state index is 13.9. The zero-order chi connectivity index (χ0) is 28.1. The number of carboxylic acids is 1. The van der Waals surface area contributed by atoms with Crippen molar-refractivity contribution in [3.05, 3.63) is 124 Å². The fourth-order valence-corrected chi connectivity index (χ4v) is 5.02. The third-order valence-corrected chi connectivity index (χ3v) is 7.08. The molecule has 0 N–H and O–H groups in total. The number of hydrogen-bond acceptors (Lipinski definition) is 8. The van der Waals surface area contributed by atoms with E-state index in [1.807, 2.05) is 49.4 Å². The number of fused-ring (bicyclic) bond motifs is 1. The number of hydrogen-bond donors (Lipinski definition) is 0. The summed E-state index contributed by atoms with van der Waals surface area (Å²) in [5.41, 5.74) is 4.44. The number of carbonyl (C=O) groups excluding carboxylic acids is 2. The van der Waals surface area contributed by atoms with Gasteiger partial charge in [0, 0.05) is 23.1 Å². The van der Waals surface area contributed by atoms with Gasteiger partial charge in [-0.05, 0) is 71.6 Å². The number of aryl methyl sites for hydroxylation is 1. The molecule has 5 aromatic rings. The Bertz CT molecular complexity index is 1720. The van der Waals surface area contributed by atoms with Gasteiger partial charge in [-0.1, -0.05) is 48.5 Å². The Morgan fingerprint density at radius 3 is 2.22 bits per heavy atom. The third-order valence-electron chi connectivity index (χ3n) is 6.53. The van der Waals surface area contributed by atoms with Crippen molar-refractivity contribution in [1.82, 2.24) is 8.75 Å². The minimum atomic E-state index is -1.45. The summed E-state index contributed by atoms with van der Waals surface area (Å²) in [7, 11) is 1.59. The molecule has 4 aromatic carbocycles. The predicted molar refractivity (Wildman–Crippen MR) is 152 cm³/mol. The number of methoxy groups -OCH3 is 1. The van der Waals surface area contributed by atoms with Gasteiger partial charge in [-0.2, -0.15) is 8.75 Å². The normalized spacial score (nSPS) is 11.4. The van der Waals surface area contributed by atoms with Gasteiger partial charge in [-0.15, -0.1) is 0 Å². The van der Waals surface area contributed by atoms with Crippen LogP contribution in [0.15, 0.2) is 96.6 Å². The molecular formula is C32H25N2NaO5S. The Morgan fingerprint density at radius 1 is 0.829 bits per heavy atom. The number of Topliss-reactive ketones (excluding diaryl/α,β-unsaturated/α-hetero) is 1. The zero-order valence-electron chi connectivity index (χ0n) is 22.9. The SMILES string of the molecule is COc1ccc(CC(C(=O)c2ccc(OCc3ccccc3)cc2)=C(C(=O)[O-])c2ccc3nsnc3c2)cc1C.[Na+]. The van der Waals surface area contributed by atoms with Crippen LogP contribution in [0.1, 0.15) is 32.6 Å². The van der Waals surface area contributed by atoms with Crippen molar-refractivity contribution in [3.63, 3.8) is 0 Å². The molecule has 0 aliphatic heterocycles. The van der Waals surface area contributed by atoms with E-state index >= 15 is 0 Å². The molecule has 41 heavy (non-hydrogen) atoms. The van der Waals surface area contributed by atoms with Gasteiger partial charge in [0.25, 0.3) is 0 Å². The standard InChI is InChI=1S/C32H26N2O5S.Na/c1-20-16-22(8-15-29(20)38-2)17-26(30(32(36)37)24-11-14-27-28(18-24)34-40-33-27)31(35)23-9-12-25(13-10-23)39-19-21-6-4-3-5-7-21;/h3-16,18H,17,19H2,1-2H3,(H,36,37);/q;+1/p-1. The molecule has 1 heterocycles. The second-order valence-electron chi connectivity index (χ2n) is 9.22. The van der Waals surface area contributed by atoms with E-state index in [0.29, 0.717) is 40.3 Å². The van der Waals surface area contributed by atoms with Gasteiger partial charge in [0.1, 0.15) is 29.1 Å². The van der Waals surface area contributed by atoms with Gasteiger partial charge < -0.3 is 19.4 Å². The maximum atomic E-state index is 13.9. The maximum Gasteiger partial charge on any atom is 1.00 e. The van der Waals surface area contributed by atoms with Crippen LogP contribution in [0.3, 0.4) is 0 Å². The van der Waals surface area contributed by atoms with E-state index in [9.17, 15) is 14.7 Å². The summed E-state index contributed by atoms with van der Waals surface area (Å²) >= 11 is 1.03. The fourth-order valence-electron chi connectivity index (χ4n) is 4.51. The van der Waals surface area contributed by atoms with E-state index in [4.69, 9.17) is 9.47 Å². The molecule has 0 fully saturated rings. The Kier molecular flexibility index (Phi) is 10.1. The van der Waals surface area contributed by atoms with Gasteiger partial charge in [-0.3, -0.25) is 4.79 Å². The van der Waals surface area contributed by atoms with Crippen LogP contribution >= 0.6 is 11.7 Å². The molecule has 5 rings (SSSR count). The smallest absolute Gasteiger partial charge is 0.545 e. The van der Waals surface area contributed by atoms with Crippen LogP contribution in [0.4, 0.5) is 0 Å². The number of aromatic nitrogens is 2. The number of rotatable bonds is 10. The summed E-state index contributed by atoms with van der Waals surface area (Å²) in [5, 5.41) is 12.6. The molecule has 7 nitrogen and oxygen atoms in total. The number of benzene rings is 4. The van der Waals surface area contributed by atoms with Crippen LogP contribution in [-0.2, 0) is 17.8 Å². The van der Waals surface area contributed by atoms with E-state index in [1.165, 1.54) is 0 Å². The summed E-state index contributed by atoms with van der Waals surface area (Å²) in [5.74, 6) is -0.565. The van der Waals surface area contributed by atoms with Crippen LogP contribution in [0.25, 0.3) is 16.6 Å². The van der Waals surface area contributed by atoms with Crippen molar-refractivity contribution >= 4 is 40.1 Å². The number of carbonyl (C=O) groups is 2. The first-order chi connectivity index (χ1) is 19.4. The first-order valence-electron chi connectivity index (χ1n) is 12.5. The molecule has 200 valence electrons. The molecule has 9 heteroatoms. The molecule has 0 amide bonds. The molecule has 1 aromatic heterocycles. The Balaban J connectivity index is 0.00000387. The first kappa shape index (κ1) is 30.1. The van der Waals surface area contributed by atoms with Crippen molar-refractivity contribution in [1.29, 1.82) is 0 Å². The summed E-state index contributed by atoms with van der Waals surface area (Å²) < 4.78 is 19.6. The van der Waals surface area contributed by atoms with Crippen molar-refractivity contribution in [2.45, 2.75) is 20.0 Å². The fraction of sp³-hybridized carbons (Fsp3) is 0.125. The number of nitrogens with zero attached hydrogens (tertiary/aromatic N) is 2. The van der Waals surface area contributed by atoms with Gasteiger partial charge in [0.2, 0.25) is 0 Å². The van der Waals surface area contributed by atoms with E-state index in [1.54, 1.807) is 55.6 Å². The first-order valence-corrected chi connectivity index (χ1v) is 13.3. The largest absolute Gasteiger partial charge is 1.00 e. The second-order valence-corrected chi connectivity index (χ2v) is 9.75. The molecule has 0 radical (unpaired) electrons. The number of ketones is 1. The van der Waals surface area contributed by atoms with Crippen LogP contribution in [0, 0.1) is 6.92 Å². The number of aliphatic carboxylic acids is 1. The summed E-state index contributed by atoms with van der Waals surface area (Å²) in [4.78, 5) is 26.5. The minimum absolute atomic E-state index is 0. The third kappa shape index (κ3) is 7.10. The molecule has 0 aliphatic carbocycles. The van der Waals surface area contributed by atoms with Gasteiger partial charge >= 0.3 is 29.6 Å². The van der Waals surface area contributed by atoms with Gasteiger partial charge in [-0.25, -0.2) is 0 Å². The van der Waals surface area contributed by atoms with Crippen molar-refractivity contribution in [2.75, 3.05) is 7.11 Å². The number of ether oxygens (including phenoxy) is 2. The molecule has 0 aliphatic rings. The number of carboxylic acid groups (broad SMARTS) is 1. The molecule has 0 spiro atoms. The van der Waals surface area contributed by atoms with Crippen molar-refractivity contribution in [3.8, 4) is 11.5 Å². The second kappa shape index (κ2) is 13.7. The molecule has 0 bridgehead atoms. The molecule has 0 atom stereocenters. The van der Waals surface area contributed by atoms with Crippen LogP contribution in [0.2, 0.25) is 0 Å². The molecular weight excluding hydrogens is 547 g/mol. The summed E-state index contributed by atoms with van der Waals surface area (Å²) in [6.07, 6.45) is 0.0760. The molecule has 0 unspecified atom stereocenters. The topological polar surface area (TPSA) is 101 Å². The van der Waals surface area contributed by atoms with Crippen LogP contribution in [0.5, 0.6) is 11.5 Å². The number of allylic oxidation sites excluding steroid dienone is 1. The van der Waals surface area contributed by atoms with Crippen LogP contribution in [-0.4, -0.2) is 27.6 Å². The van der Waals surface area contributed by atoms with Crippen molar-refractivity contribution < 1.29 is 53.7 Å². The van der Waals surface area contributed by atoms with Gasteiger partial charge in [0.15, 0.2) is 5.78 Å².